The van der Waals surface area contributed by atoms with Crippen LogP contribution in [0.2, 0.25) is 0 Å². The molecule has 0 aliphatic carbocycles. The van der Waals surface area contributed by atoms with Crippen molar-refractivity contribution >= 4 is 15.5 Å². The van der Waals surface area contributed by atoms with Crippen LogP contribution in [0.1, 0.15) is 19.3 Å². The van der Waals surface area contributed by atoms with Crippen LogP contribution in [0.25, 0.3) is 0 Å². The van der Waals surface area contributed by atoms with Crippen molar-refractivity contribution in [3.05, 3.63) is 24.3 Å². The third kappa shape index (κ3) is 2.69. The summed E-state index contributed by atoms with van der Waals surface area (Å²) in [6.45, 7) is 3.02. The minimum Gasteiger partial charge on any atom is -0.370 e. The Bertz CT molecular complexity index is 585. The highest BCUT2D eigenvalue weighted by Crippen LogP contribution is 2.31. The van der Waals surface area contributed by atoms with Gasteiger partial charge < -0.3 is 10.2 Å². The maximum absolute atomic E-state index is 11.9. The van der Waals surface area contributed by atoms with E-state index in [1.54, 1.807) is 12.1 Å². The zero-order valence-electron chi connectivity index (χ0n) is 11.9. The normalized spacial score (nSPS) is 27.1. The van der Waals surface area contributed by atoms with Gasteiger partial charge in [-0.2, -0.15) is 0 Å². The molecule has 0 aromatic heterocycles. The molecular weight excluding hydrogens is 272 g/mol. The van der Waals surface area contributed by atoms with E-state index in [1.165, 1.54) is 19.1 Å². The maximum Gasteiger partial charge on any atom is 0.177 e. The number of rotatable bonds is 2. The molecule has 5 heteroatoms. The lowest BCUT2D eigenvalue weighted by Crippen LogP contribution is -2.52. The van der Waals surface area contributed by atoms with Crippen molar-refractivity contribution in [3.63, 3.8) is 0 Å². The summed E-state index contributed by atoms with van der Waals surface area (Å²) in [5.41, 5.74) is 0.874. The average molecular weight is 294 g/mol. The Morgan fingerprint density at radius 2 is 2.05 bits per heavy atom. The van der Waals surface area contributed by atoms with Crippen molar-refractivity contribution in [3.8, 4) is 0 Å². The smallest absolute Gasteiger partial charge is 0.177 e. The summed E-state index contributed by atoms with van der Waals surface area (Å²) in [4.78, 5) is 2.71. The number of hydrogen-bond acceptors (Lipinski definition) is 4. The van der Waals surface area contributed by atoms with Gasteiger partial charge in [0, 0.05) is 25.4 Å². The third-order valence-electron chi connectivity index (χ3n) is 4.50. The standard InChI is InChI=1S/C15H22N2O2S/c1-20(18,19)15-7-3-2-6-14(15)17-10-8-13-12(11-17)5-4-9-16-13/h2-3,6-7,12-13,16H,4-5,8-11H2,1H3. The first-order valence-corrected chi connectivity index (χ1v) is 9.22. The van der Waals surface area contributed by atoms with Crippen molar-refractivity contribution in [1.82, 2.24) is 5.32 Å². The van der Waals surface area contributed by atoms with Crippen LogP contribution in [0.3, 0.4) is 0 Å². The lowest BCUT2D eigenvalue weighted by Gasteiger charge is -2.43. The molecule has 1 N–H and O–H groups in total. The average Bonchev–Trinajstić information content (AvgIpc) is 2.46. The lowest BCUT2D eigenvalue weighted by molar-refractivity contribution is 0.244. The summed E-state index contributed by atoms with van der Waals surface area (Å²) in [6.07, 6.45) is 4.86. The Hall–Kier alpha value is -1.07. The number of hydrogen-bond donors (Lipinski definition) is 1. The molecular formula is C15H22N2O2S. The summed E-state index contributed by atoms with van der Waals surface area (Å²) in [5, 5.41) is 3.59. The number of nitrogens with zero attached hydrogens (tertiary/aromatic N) is 1. The van der Waals surface area contributed by atoms with Crippen LogP contribution in [0, 0.1) is 5.92 Å². The van der Waals surface area contributed by atoms with E-state index in [-0.39, 0.29) is 0 Å². The van der Waals surface area contributed by atoms with Gasteiger partial charge in [0.1, 0.15) is 0 Å². The van der Waals surface area contributed by atoms with Crippen LogP contribution < -0.4 is 10.2 Å². The zero-order chi connectivity index (χ0) is 14.2. The van der Waals surface area contributed by atoms with E-state index in [9.17, 15) is 8.42 Å². The number of anilines is 1. The van der Waals surface area contributed by atoms with Gasteiger partial charge in [-0.05, 0) is 43.9 Å². The first-order chi connectivity index (χ1) is 9.55. The number of sulfone groups is 1. The first-order valence-electron chi connectivity index (χ1n) is 7.33. The summed E-state index contributed by atoms with van der Waals surface area (Å²) in [6, 6.07) is 8.00. The van der Waals surface area contributed by atoms with Gasteiger partial charge in [0.25, 0.3) is 0 Å². The minimum absolute atomic E-state index is 0.460. The number of benzene rings is 1. The third-order valence-corrected chi connectivity index (χ3v) is 5.64. The molecule has 1 aromatic carbocycles. The van der Waals surface area contributed by atoms with Crippen molar-refractivity contribution in [2.24, 2.45) is 5.92 Å². The number of nitrogens with one attached hydrogen (secondary N) is 1. The van der Waals surface area contributed by atoms with E-state index in [4.69, 9.17) is 0 Å². The van der Waals surface area contributed by atoms with E-state index < -0.39 is 9.84 Å². The fourth-order valence-corrected chi connectivity index (χ4v) is 4.40. The molecule has 4 nitrogen and oxygen atoms in total. The van der Waals surface area contributed by atoms with Crippen molar-refractivity contribution in [2.75, 3.05) is 30.8 Å². The SMILES string of the molecule is CS(=O)(=O)c1ccccc1N1CCC2NCCCC2C1. The van der Waals surface area contributed by atoms with Crippen molar-refractivity contribution < 1.29 is 8.42 Å². The van der Waals surface area contributed by atoms with Crippen LogP contribution in [0.5, 0.6) is 0 Å². The second-order valence-corrected chi connectivity index (χ2v) is 7.92. The number of fused-ring (bicyclic) bond motifs is 1. The van der Waals surface area contributed by atoms with Crippen LogP contribution in [0.15, 0.2) is 29.2 Å². The Labute approximate surface area is 121 Å². The second-order valence-electron chi connectivity index (χ2n) is 5.94. The second kappa shape index (κ2) is 5.37. The van der Waals surface area contributed by atoms with Crippen molar-refractivity contribution in [2.45, 2.75) is 30.2 Å². The van der Waals surface area contributed by atoms with Gasteiger partial charge in [0.2, 0.25) is 0 Å². The molecule has 1 aromatic rings. The Morgan fingerprint density at radius 3 is 2.85 bits per heavy atom. The molecule has 20 heavy (non-hydrogen) atoms. The van der Waals surface area contributed by atoms with Crippen LogP contribution in [-0.4, -0.2) is 40.3 Å². The zero-order valence-corrected chi connectivity index (χ0v) is 12.7. The van der Waals surface area contributed by atoms with Gasteiger partial charge in [-0.1, -0.05) is 12.1 Å². The quantitative estimate of drug-likeness (QED) is 0.901. The summed E-state index contributed by atoms with van der Waals surface area (Å²) < 4.78 is 23.9. The summed E-state index contributed by atoms with van der Waals surface area (Å²) in [5.74, 6) is 0.644. The van der Waals surface area contributed by atoms with E-state index in [0.717, 1.165) is 31.7 Å². The van der Waals surface area contributed by atoms with E-state index in [1.807, 2.05) is 12.1 Å². The van der Waals surface area contributed by atoms with Gasteiger partial charge in [-0.3, -0.25) is 0 Å². The highest BCUT2D eigenvalue weighted by molar-refractivity contribution is 7.90. The fraction of sp³-hybridized carbons (Fsp3) is 0.600. The van der Waals surface area contributed by atoms with E-state index in [0.29, 0.717) is 16.9 Å². The predicted molar refractivity (Wildman–Crippen MR) is 80.9 cm³/mol. The maximum atomic E-state index is 11.9. The molecule has 0 amide bonds. The van der Waals surface area contributed by atoms with Crippen LogP contribution in [0.4, 0.5) is 5.69 Å². The predicted octanol–water partition coefficient (Wildman–Crippen LogP) is 1.67. The molecule has 110 valence electrons. The van der Waals surface area contributed by atoms with Crippen LogP contribution in [-0.2, 0) is 9.84 Å². The lowest BCUT2D eigenvalue weighted by atomic mass is 9.85. The molecule has 2 aliphatic rings. The molecule has 2 atom stereocenters. The monoisotopic (exact) mass is 294 g/mol. The molecule has 2 unspecified atom stereocenters. The highest BCUT2D eigenvalue weighted by Gasteiger charge is 2.32. The highest BCUT2D eigenvalue weighted by atomic mass is 32.2. The van der Waals surface area contributed by atoms with Crippen LogP contribution >= 0.6 is 0 Å². The molecule has 0 bridgehead atoms. The van der Waals surface area contributed by atoms with E-state index >= 15 is 0 Å². The van der Waals surface area contributed by atoms with Gasteiger partial charge in [-0.25, -0.2) is 8.42 Å². The molecule has 0 spiro atoms. The molecule has 2 aliphatic heterocycles. The molecule has 2 fully saturated rings. The molecule has 2 heterocycles. The molecule has 3 rings (SSSR count). The van der Waals surface area contributed by atoms with Gasteiger partial charge in [0.05, 0.1) is 10.6 Å². The minimum atomic E-state index is -3.17. The topological polar surface area (TPSA) is 49.4 Å². The van der Waals surface area contributed by atoms with Gasteiger partial charge in [0.15, 0.2) is 9.84 Å². The summed E-state index contributed by atoms with van der Waals surface area (Å²) in [7, 11) is -3.17. The van der Waals surface area contributed by atoms with Gasteiger partial charge in [-0.15, -0.1) is 0 Å². The molecule has 2 saturated heterocycles. The number of piperidine rings is 2. The Kier molecular flexibility index (Phi) is 3.73. The molecule has 0 radical (unpaired) electrons. The van der Waals surface area contributed by atoms with Crippen molar-refractivity contribution in [1.29, 1.82) is 0 Å². The fourth-order valence-electron chi connectivity index (χ4n) is 3.50. The summed E-state index contributed by atoms with van der Waals surface area (Å²) >= 11 is 0. The first kappa shape index (κ1) is 13.9. The molecule has 0 saturated carbocycles. The van der Waals surface area contributed by atoms with E-state index in [2.05, 4.69) is 10.2 Å². The Morgan fingerprint density at radius 1 is 1.25 bits per heavy atom. The Balaban J connectivity index is 1.87. The van der Waals surface area contributed by atoms with Gasteiger partial charge >= 0.3 is 0 Å². The largest absolute Gasteiger partial charge is 0.370 e. The number of para-hydroxylation sites is 1.